The first-order valence-electron chi connectivity index (χ1n) is 4.45. The molecule has 1 heterocycles. The van der Waals surface area contributed by atoms with Crippen LogP contribution in [0.5, 0.6) is 0 Å². The Labute approximate surface area is 77.2 Å². The molecule has 1 N–H and O–H groups in total. The Bertz CT molecular complexity index is 405. The van der Waals surface area contributed by atoms with Gasteiger partial charge in [0.15, 0.2) is 0 Å². The van der Waals surface area contributed by atoms with Crippen LogP contribution in [0.25, 0.3) is 11.0 Å². The Morgan fingerprint density at radius 1 is 1.46 bits per heavy atom. The molecule has 1 atom stereocenters. The topological polar surface area (TPSA) is 41.6 Å². The van der Waals surface area contributed by atoms with E-state index in [1.54, 1.807) is 6.33 Å². The second-order valence-corrected chi connectivity index (χ2v) is 3.06. The number of para-hydroxylation sites is 2. The molecule has 1 unspecified atom stereocenters. The number of imidazole rings is 1. The van der Waals surface area contributed by atoms with E-state index in [1.165, 1.54) is 0 Å². The standard InChI is InChI=1S/C10H12N3/c1-2-10(11)13-7-12-8-5-3-4-6-9(8)13/h3-7,10-11H,2H2,1H3. The summed E-state index contributed by atoms with van der Waals surface area (Å²) in [4.78, 5) is 4.23. The van der Waals surface area contributed by atoms with Crippen LogP contribution in [0.15, 0.2) is 30.6 Å². The van der Waals surface area contributed by atoms with Crippen molar-refractivity contribution in [3.8, 4) is 0 Å². The van der Waals surface area contributed by atoms with Crippen molar-refractivity contribution >= 4 is 11.0 Å². The average Bonchev–Trinajstić information content (AvgIpc) is 2.60. The first kappa shape index (κ1) is 8.26. The maximum atomic E-state index is 7.78. The van der Waals surface area contributed by atoms with E-state index in [4.69, 9.17) is 5.73 Å². The Kier molecular flexibility index (Phi) is 2.02. The molecule has 1 radical (unpaired) electrons. The number of benzene rings is 1. The summed E-state index contributed by atoms with van der Waals surface area (Å²) < 4.78 is 1.90. The monoisotopic (exact) mass is 174 g/mol. The third-order valence-corrected chi connectivity index (χ3v) is 2.20. The summed E-state index contributed by atoms with van der Waals surface area (Å²) in [7, 11) is 0. The van der Waals surface area contributed by atoms with Crippen LogP contribution < -0.4 is 5.73 Å². The van der Waals surface area contributed by atoms with Gasteiger partial charge in [-0.15, -0.1) is 0 Å². The van der Waals surface area contributed by atoms with Gasteiger partial charge in [-0.05, 0) is 18.6 Å². The summed E-state index contributed by atoms with van der Waals surface area (Å²) >= 11 is 0. The normalized spacial score (nSPS) is 13.4. The van der Waals surface area contributed by atoms with Crippen LogP contribution in [-0.2, 0) is 0 Å². The van der Waals surface area contributed by atoms with Crippen molar-refractivity contribution in [1.29, 1.82) is 0 Å². The molecular formula is C10H12N3. The third-order valence-electron chi connectivity index (χ3n) is 2.20. The number of nitrogens with zero attached hydrogens (tertiary/aromatic N) is 2. The lowest BCUT2D eigenvalue weighted by Gasteiger charge is -2.09. The van der Waals surface area contributed by atoms with Gasteiger partial charge in [0.1, 0.15) is 0 Å². The highest BCUT2D eigenvalue weighted by Gasteiger charge is 2.06. The van der Waals surface area contributed by atoms with Gasteiger partial charge in [-0.25, -0.2) is 10.7 Å². The molecule has 0 amide bonds. The molecule has 0 saturated heterocycles. The number of rotatable bonds is 2. The van der Waals surface area contributed by atoms with Gasteiger partial charge >= 0.3 is 0 Å². The molecule has 1 aromatic heterocycles. The van der Waals surface area contributed by atoms with Gasteiger partial charge < -0.3 is 4.57 Å². The molecule has 0 aliphatic rings. The Morgan fingerprint density at radius 3 is 3.00 bits per heavy atom. The van der Waals surface area contributed by atoms with E-state index in [0.29, 0.717) is 0 Å². The minimum Gasteiger partial charge on any atom is -0.313 e. The molecule has 13 heavy (non-hydrogen) atoms. The Hall–Kier alpha value is -1.35. The van der Waals surface area contributed by atoms with Gasteiger partial charge in [-0.1, -0.05) is 19.1 Å². The van der Waals surface area contributed by atoms with Gasteiger partial charge in [0.05, 0.1) is 23.5 Å². The van der Waals surface area contributed by atoms with Crippen molar-refractivity contribution in [2.24, 2.45) is 0 Å². The highest BCUT2D eigenvalue weighted by molar-refractivity contribution is 5.75. The maximum Gasteiger partial charge on any atom is 0.0978 e. The van der Waals surface area contributed by atoms with Crippen LogP contribution in [0, 0.1) is 0 Å². The molecule has 0 saturated carbocycles. The van der Waals surface area contributed by atoms with Gasteiger partial charge in [-0.2, -0.15) is 0 Å². The van der Waals surface area contributed by atoms with Crippen molar-refractivity contribution < 1.29 is 0 Å². The van der Waals surface area contributed by atoms with E-state index >= 15 is 0 Å². The molecule has 0 bridgehead atoms. The molecule has 0 aliphatic heterocycles. The lowest BCUT2D eigenvalue weighted by molar-refractivity contribution is 0.502. The van der Waals surface area contributed by atoms with Crippen LogP contribution in [-0.4, -0.2) is 9.55 Å². The molecule has 2 aromatic rings. The second-order valence-electron chi connectivity index (χ2n) is 3.06. The SMILES string of the molecule is CCC([NH])n1cnc2ccccc21. The lowest BCUT2D eigenvalue weighted by Crippen LogP contribution is -2.06. The third kappa shape index (κ3) is 1.31. The van der Waals surface area contributed by atoms with Gasteiger partial charge in [0.25, 0.3) is 0 Å². The van der Waals surface area contributed by atoms with Crippen molar-refractivity contribution in [2.75, 3.05) is 0 Å². The fourth-order valence-corrected chi connectivity index (χ4v) is 1.42. The summed E-state index contributed by atoms with van der Waals surface area (Å²) in [5, 5.41) is 0. The highest BCUT2D eigenvalue weighted by atomic mass is 15.1. The Balaban J connectivity index is 2.57. The molecule has 67 valence electrons. The number of nitrogens with one attached hydrogen (secondary N) is 1. The second kappa shape index (κ2) is 3.18. The number of aromatic nitrogens is 2. The molecule has 1 aromatic carbocycles. The molecular weight excluding hydrogens is 162 g/mol. The fraction of sp³-hybridized carbons (Fsp3) is 0.300. The first-order valence-corrected chi connectivity index (χ1v) is 4.45. The highest BCUT2D eigenvalue weighted by Crippen LogP contribution is 2.16. The van der Waals surface area contributed by atoms with Crippen molar-refractivity contribution in [1.82, 2.24) is 15.3 Å². The zero-order valence-electron chi connectivity index (χ0n) is 7.57. The molecule has 3 heteroatoms. The van der Waals surface area contributed by atoms with Gasteiger partial charge in [0, 0.05) is 0 Å². The van der Waals surface area contributed by atoms with E-state index < -0.39 is 0 Å². The van der Waals surface area contributed by atoms with Crippen molar-refractivity contribution in [3.05, 3.63) is 30.6 Å². The number of fused-ring (bicyclic) bond motifs is 1. The van der Waals surface area contributed by atoms with E-state index in [-0.39, 0.29) is 6.17 Å². The van der Waals surface area contributed by atoms with Crippen LogP contribution in [0.4, 0.5) is 0 Å². The molecule has 0 spiro atoms. The molecule has 3 nitrogen and oxygen atoms in total. The van der Waals surface area contributed by atoms with E-state index in [2.05, 4.69) is 4.98 Å². The minimum absolute atomic E-state index is 0.215. The lowest BCUT2D eigenvalue weighted by atomic mass is 10.3. The smallest absolute Gasteiger partial charge is 0.0978 e. The minimum atomic E-state index is -0.215. The fourth-order valence-electron chi connectivity index (χ4n) is 1.42. The number of hydrogen-bond donors (Lipinski definition) is 0. The molecule has 0 aliphatic carbocycles. The summed E-state index contributed by atoms with van der Waals surface area (Å²) in [5.41, 5.74) is 9.80. The quantitative estimate of drug-likeness (QED) is 0.688. The number of hydrogen-bond acceptors (Lipinski definition) is 1. The molecule has 2 rings (SSSR count). The Morgan fingerprint density at radius 2 is 2.23 bits per heavy atom. The largest absolute Gasteiger partial charge is 0.313 e. The van der Waals surface area contributed by atoms with Crippen molar-refractivity contribution in [2.45, 2.75) is 19.5 Å². The van der Waals surface area contributed by atoms with Crippen LogP contribution >= 0.6 is 0 Å². The molecule has 0 fully saturated rings. The van der Waals surface area contributed by atoms with Gasteiger partial charge in [-0.3, -0.25) is 0 Å². The van der Waals surface area contributed by atoms with E-state index in [0.717, 1.165) is 17.5 Å². The zero-order chi connectivity index (χ0) is 9.26. The summed E-state index contributed by atoms with van der Waals surface area (Å²) in [6.07, 6.45) is 2.33. The van der Waals surface area contributed by atoms with Crippen molar-refractivity contribution in [3.63, 3.8) is 0 Å². The summed E-state index contributed by atoms with van der Waals surface area (Å²) in [5.74, 6) is 0. The van der Waals surface area contributed by atoms with Gasteiger partial charge in [0.2, 0.25) is 0 Å². The van der Waals surface area contributed by atoms with Crippen LogP contribution in [0.1, 0.15) is 19.5 Å². The predicted molar refractivity (Wildman–Crippen MR) is 52.2 cm³/mol. The van der Waals surface area contributed by atoms with E-state index in [9.17, 15) is 0 Å². The average molecular weight is 174 g/mol. The van der Waals surface area contributed by atoms with Crippen LogP contribution in [0.3, 0.4) is 0 Å². The summed E-state index contributed by atoms with van der Waals surface area (Å²) in [6.45, 7) is 2.01. The maximum absolute atomic E-state index is 7.78. The zero-order valence-corrected chi connectivity index (χ0v) is 7.57. The first-order chi connectivity index (χ1) is 6.33. The summed E-state index contributed by atoms with van der Waals surface area (Å²) in [6, 6.07) is 7.90. The van der Waals surface area contributed by atoms with Crippen LogP contribution in [0.2, 0.25) is 0 Å². The predicted octanol–water partition coefficient (Wildman–Crippen LogP) is 2.23. The van der Waals surface area contributed by atoms with E-state index in [1.807, 2.05) is 35.8 Å².